The number of carbonyl (C=O) groups is 4. The average molecular weight is 276 g/mol. The largest absolute Gasteiger partial charge is 0.473 e. The zero-order valence-electron chi connectivity index (χ0n) is 5.83. The van der Waals surface area contributed by atoms with Gasteiger partial charge in [0.2, 0.25) is 0 Å². The zero-order chi connectivity index (χ0) is 10.3. The molecular formula is C4H4MoO8. The summed E-state index contributed by atoms with van der Waals surface area (Å²) in [5, 5.41) is 29.6. The minimum absolute atomic E-state index is 0. The number of carboxylic acid groups (broad SMARTS) is 4. The van der Waals surface area contributed by atoms with Crippen LogP contribution in [-0.2, 0) is 40.2 Å². The van der Waals surface area contributed by atoms with Crippen molar-refractivity contribution in [1.82, 2.24) is 0 Å². The molecule has 0 amide bonds. The maximum absolute atomic E-state index is 9.10. The van der Waals surface area contributed by atoms with E-state index in [-0.39, 0.29) is 21.1 Å². The van der Waals surface area contributed by atoms with Gasteiger partial charge in [0.15, 0.2) is 0 Å². The molecule has 0 atom stereocenters. The van der Waals surface area contributed by atoms with Gasteiger partial charge < -0.3 is 20.4 Å². The van der Waals surface area contributed by atoms with Gasteiger partial charge in [-0.1, -0.05) is 0 Å². The third kappa shape index (κ3) is 18.0. The van der Waals surface area contributed by atoms with Crippen molar-refractivity contribution in [3.8, 4) is 0 Å². The summed E-state index contributed by atoms with van der Waals surface area (Å²) in [7, 11) is 0. The molecule has 0 rings (SSSR count). The first-order chi connectivity index (χ1) is 5.29. The molecule has 74 valence electrons. The summed E-state index contributed by atoms with van der Waals surface area (Å²) >= 11 is 0. The summed E-state index contributed by atoms with van der Waals surface area (Å²) < 4.78 is 0. The van der Waals surface area contributed by atoms with Crippen LogP contribution in [0.3, 0.4) is 0 Å². The van der Waals surface area contributed by atoms with Gasteiger partial charge in [-0.05, 0) is 0 Å². The molecule has 0 saturated heterocycles. The minimum atomic E-state index is -1.82. The Labute approximate surface area is 85.1 Å². The number of aliphatic carboxylic acids is 4. The molecular weight excluding hydrogens is 272 g/mol. The Morgan fingerprint density at radius 1 is 0.538 bits per heavy atom. The second kappa shape index (κ2) is 8.66. The molecule has 0 heterocycles. The fourth-order valence-electron chi connectivity index (χ4n) is 0. The summed E-state index contributed by atoms with van der Waals surface area (Å²) in [6.45, 7) is 0. The SMILES string of the molecule is O=C(O)C(=O)O.O=C(O)C(=O)O.[Mo]. The van der Waals surface area contributed by atoms with Crippen LogP contribution in [0.15, 0.2) is 0 Å². The second-order valence-corrected chi connectivity index (χ2v) is 1.22. The van der Waals surface area contributed by atoms with Gasteiger partial charge in [0, 0.05) is 21.1 Å². The standard InChI is InChI=1S/2C2H2O4.Mo/c2*3-1(4)2(5)6;/h2*(H,3,4)(H,5,6);. The third-order valence-electron chi connectivity index (χ3n) is 0.366. The van der Waals surface area contributed by atoms with Crippen molar-refractivity contribution < 1.29 is 60.7 Å². The van der Waals surface area contributed by atoms with Crippen molar-refractivity contribution in [2.45, 2.75) is 0 Å². The smallest absolute Gasteiger partial charge is 0.414 e. The molecule has 0 aromatic heterocycles. The van der Waals surface area contributed by atoms with Crippen molar-refractivity contribution >= 4 is 23.9 Å². The molecule has 0 bridgehead atoms. The van der Waals surface area contributed by atoms with E-state index in [1.165, 1.54) is 0 Å². The van der Waals surface area contributed by atoms with Gasteiger partial charge >= 0.3 is 23.9 Å². The van der Waals surface area contributed by atoms with E-state index >= 15 is 0 Å². The van der Waals surface area contributed by atoms with E-state index in [0.717, 1.165) is 0 Å². The Bertz CT molecular complexity index is 172. The van der Waals surface area contributed by atoms with E-state index < -0.39 is 23.9 Å². The zero-order valence-corrected chi connectivity index (χ0v) is 7.84. The molecule has 8 nitrogen and oxygen atoms in total. The molecule has 0 fully saturated rings. The summed E-state index contributed by atoms with van der Waals surface area (Å²) in [5.41, 5.74) is 0. The molecule has 9 heteroatoms. The topological polar surface area (TPSA) is 149 Å². The van der Waals surface area contributed by atoms with Crippen LogP contribution in [0.4, 0.5) is 0 Å². The molecule has 0 aliphatic rings. The van der Waals surface area contributed by atoms with E-state index in [0.29, 0.717) is 0 Å². The van der Waals surface area contributed by atoms with Crippen LogP contribution in [0.1, 0.15) is 0 Å². The second-order valence-electron chi connectivity index (χ2n) is 1.22. The van der Waals surface area contributed by atoms with Crippen LogP contribution in [0.2, 0.25) is 0 Å². The van der Waals surface area contributed by atoms with Crippen molar-refractivity contribution in [1.29, 1.82) is 0 Å². The Balaban J connectivity index is -0.000000143. The average Bonchev–Trinajstić information content (AvgIpc) is 1.88. The summed E-state index contributed by atoms with van der Waals surface area (Å²) in [5.74, 6) is -7.30. The number of hydrogen-bond donors (Lipinski definition) is 4. The van der Waals surface area contributed by atoms with Crippen LogP contribution in [0, 0.1) is 0 Å². The van der Waals surface area contributed by atoms with Crippen LogP contribution in [0.5, 0.6) is 0 Å². The number of hydrogen-bond acceptors (Lipinski definition) is 4. The van der Waals surface area contributed by atoms with Crippen molar-refractivity contribution in [2.75, 3.05) is 0 Å². The minimum Gasteiger partial charge on any atom is -0.473 e. The van der Waals surface area contributed by atoms with Gasteiger partial charge in [-0.2, -0.15) is 0 Å². The molecule has 13 heavy (non-hydrogen) atoms. The van der Waals surface area contributed by atoms with E-state index in [2.05, 4.69) is 0 Å². The van der Waals surface area contributed by atoms with Gasteiger partial charge in [0.05, 0.1) is 0 Å². The third-order valence-corrected chi connectivity index (χ3v) is 0.366. The first kappa shape index (κ1) is 17.6. The Kier molecular flexibility index (Phi) is 11.7. The maximum atomic E-state index is 9.10. The van der Waals surface area contributed by atoms with Gasteiger partial charge in [-0.3, -0.25) is 0 Å². The summed E-state index contributed by atoms with van der Waals surface area (Å²) in [4.78, 5) is 36.4. The Hall–Kier alpha value is -1.43. The predicted octanol–water partition coefficient (Wildman–Crippen LogP) is -1.69. The molecule has 0 radical (unpaired) electrons. The van der Waals surface area contributed by atoms with E-state index in [4.69, 9.17) is 39.6 Å². The maximum Gasteiger partial charge on any atom is 0.414 e. The number of carboxylic acids is 4. The van der Waals surface area contributed by atoms with Gasteiger partial charge in [0.25, 0.3) is 0 Å². The van der Waals surface area contributed by atoms with Crippen molar-refractivity contribution in [3.05, 3.63) is 0 Å². The molecule has 0 aliphatic heterocycles. The van der Waals surface area contributed by atoms with E-state index in [1.807, 2.05) is 0 Å². The normalized spacial score (nSPS) is 6.77. The van der Waals surface area contributed by atoms with Crippen molar-refractivity contribution in [3.63, 3.8) is 0 Å². The Morgan fingerprint density at radius 3 is 0.615 bits per heavy atom. The van der Waals surface area contributed by atoms with E-state index in [9.17, 15) is 0 Å². The summed E-state index contributed by atoms with van der Waals surface area (Å²) in [6, 6.07) is 0. The van der Waals surface area contributed by atoms with Crippen LogP contribution >= 0.6 is 0 Å². The Morgan fingerprint density at radius 2 is 0.615 bits per heavy atom. The van der Waals surface area contributed by atoms with Gasteiger partial charge in [-0.15, -0.1) is 0 Å². The summed E-state index contributed by atoms with van der Waals surface area (Å²) in [6.07, 6.45) is 0. The number of rotatable bonds is 0. The molecule has 0 aromatic carbocycles. The predicted molar refractivity (Wildman–Crippen MR) is 30.5 cm³/mol. The molecule has 0 aromatic rings. The molecule has 4 N–H and O–H groups in total. The fraction of sp³-hybridized carbons (Fsp3) is 0. The molecule has 0 aliphatic carbocycles. The van der Waals surface area contributed by atoms with Gasteiger partial charge in [-0.25, -0.2) is 19.2 Å². The fourth-order valence-corrected chi connectivity index (χ4v) is 0. The molecule has 0 unspecified atom stereocenters. The quantitative estimate of drug-likeness (QED) is 0.302. The van der Waals surface area contributed by atoms with Crippen molar-refractivity contribution in [2.24, 2.45) is 0 Å². The van der Waals surface area contributed by atoms with Gasteiger partial charge in [0.1, 0.15) is 0 Å². The first-order valence-electron chi connectivity index (χ1n) is 2.21. The molecule has 0 saturated carbocycles. The van der Waals surface area contributed by atoms with Crippen LogP contribution in [0.25, 0.3) is 0 Å². The monoisotopic (exact) mass is 278 g/mol. The van der Waals surface area contributed by atoms with Crippen LogP contribution in [-0.4, -0.2) is 44.3 Å². The molecule has 0 spiro atoms. The van der Waals surface area contributed by atoms with Crippen LogP contribution < -0.4 is 0 Å². The first-order valence-corrected chi connectivity index (χ1v) is 2.21. The van der Waals surface area contributed by atoms with E-state index in [1.54, 1.807) is 0 Å².